The molecule has 2 unspecified atom stereocenters. The van der Waals surface area contributed by atoms with Crippen molar-refractivity contribution in [1.29, 1.82) is 0 Å². The van der Waals surface area contributed by atoms with Gasteiger partial charge in [-0.2, -0.15) is 11.8 Å². The van der Waals surface area contributed by atoms with Crippen LogP contribution in [-0.4, -0.2) is 25.2 Å². The monoisotopic (exact) mass is 279 g/mol. The van der Waals surface area contributed by atoms with Gasteiger partial charge in [-0.05, 0) is 67.0 Å². The molecule has 0 aromatic heterocycles. The molecule has 106 valence electrons. The van der Waals surface area contributed by atoms with Crippen molar-refractivity contribution < 1.29 is 4.74 Å². The summed E-state index contributed by atoms with van der Waals surface area (Å²) in [4.78, 5) is 0. The number of thioether (sulfide) groups is 1. The van der Waals surface area contributed by atoms with Crippen LogP contribution in [0.2, 0.25) is 0 Å². The van der Waals surface area contributed by atoms with Gasteiger partial charge in [-0.15, -0.1) is 0 Å². The highest BCUT2D eigenvalue weighted by Gasteiger charge is 2.27. The fourth-order valence-corrected chi connectivity index (χ4v) is 4.07. The number of rotatable bonds is 6. The lowest BCUT2D eigenvalue weighted by molar-refractivity contribution is 0.389. The molecule has 1 aromatic carbocycles. The van der Waals surface area contributed by atoms with Gasteiger partial charge in [-0.3, -0.25) is 0 Å². The normalized spacial score (nSPS) is 20.5. The molecule has 3 heteroatoms. The summed E-state index contributed by atoms with van der Waals surface area (Å²) < 4.78 is 5.31. The van der Waals surface area contributed by atoms with Crippen LogP contribution in [0.15, 0.2) is 18.2 Å². The lowest BCUT2D eigenvalue weighted by Gasteiger charge is -2.26. The fraction of sp³-hybridized carbons (Fsp3) is 0.625. The minimum absolute atomic E-state index is 0.501. The number of aryl methyl sites for hydroxylation is 1. The van der Waals surface area contributed by atoms with Gasteiger partial charge in [0.25, 0.3) is 0 Å². The largest absolute Gasteiger partial charge is 0.497 e. The van der Waals surface area contributed by atoms with E-state index in [4.69, 9.17) is 4.74 Å². The van der Waals surface area contributed by atoms with Crippen LogP contribution in [0.4, 0.5) is 0 Å². The number of benzene rings is 1. The van der Waals surface area contributed by atoms with Gasteiger partial charge >= 0.3 is 0 Å². The molecule has 0 radical (unpaired) electrons. The molecule has 0 spiro atoms. The Morgan fingerprint density at radius 1 is 1.47 bits per heavy atom. The van der Waals surface area contributed by atoms with E-state index in [1.54, 1.807) is 7.11 Å². The van der Waals surface area contributed by atoms with Crippen LogP contribution < -0.4 is 10.1 Å². The zero-order chi connectivity index (χ0) is 13.7. The Kier molecular flexibility index (Phi) is 5.59. The van der Waals surface area contributed by atoms with Gasteiger partial charge in [0, 0.05) is 6.04 Å². The Morgan fingerprint density at radius 2 is 2.32 bits per heavy atom. The van der Waals surface area contributed by atoms with Crippen LogP contribution >= 0.6 is 11.8 Å². The standard InChI is InChI=1S/C16H25NOS/c1-4-8-17-16(13-7-9-19-11-13)15-6-5-14(18-3)10-12(15)2/h5-6,10,13,16-17H,4,7-9,11H2,1-3H3. The van der Waals surface area contributed by atoms with Crippen molar-refractivity contribution in [3.05, 3.63) is 29.3 Å². The van der Waals surface area contributed by atoms with Crippen LogP contribution in [0.1, 0.15) is 36.9 Å². The third kappa shape index (κ3) is 3.67. The predicted molar refractivity (Wildman–Crippen MR) is 84.2 cm³/mol. The molecule has 2 atom stereocenters. The zero-order valence-electron chi connectivity index (χ0n) is 12.2. The van der Waals surface area contributed by atoms with Gasteiger partial charge in [0.15, 0.2) is 0 Å². The smallest absolute Gasteiger partial charge is 0.119 e. The lowest BCUT2D eigenvalue weighted by atomic mass is 9.89. The number of methoxy groups -OCH3 is 1. The number of nitrogens with one attached hydrogen (secondary N) is 1. The Balaban J connectivity index is 2.20. The molecule has 19 heavy (non-hydrogen) atoms. The maximum atomic E-state index is 5.31. The van der Waals surface area contributed by atoms with E-state index in [0.717, 1.165) is 18.2 Å². The summed E-state index contributed by atoms with van der Waals surface area (Å²) in [5.41, 5.74) is 2.78. The molecule has 2 rings (SSSR count). The van der Waals surface area contributed by atoms with Crippen LogP contribution in [0.5, 0.6) is 5.75 Å². The van der Waals surface area contributed by atoms with Crippen molar-refractivity contribution in [3.8, 4) is 5.75 Å². The first kappa shape index (κ1) is 14.7. The number of hydrogen-bond acceptors (Lipinski definition) is 3. The second kappa shape index (κ2) is 7.20. The van der Waals surface area contributed by atoms with Gasteiger partial charge in [0.1, 0.15) is 5.75 Å². The summed E-state index contributed by atoms with van der Waals surface area (Å²) in [6.45, 7) is 5.52. The molecule has 1 aliphatic heterocycles. The van der Waals surface area contributed by atoms with E-state index in [9.17, 15) is 0 Å². The van der Waals surface area contributed by atoms with Crippen molar-refractivity contribution in [1.82, 2.24) is 5.32 Å². The molecule has 0 aliphatic carbocycles. The topological polar surface area (TPSA) is 21.3 Å². The third-order valence-electron chi connectivity index (χ3n) is 3.86. The molecular formula is C16H25NOS. The average molecular weight is 279 g/mol. The Labute approximate surface area is 121 Å². The first-order chi connectivity index (χ1) is 9.26. The maximum absolute atomic E-state index is 5.31. The number of hydrogen-bond donors (Lipinski definition) is 1. The summed E-state index contributed by atoms with van der Waals surface area (Å²) >= 11 is 2.09. The molecule has 1 heterocycles. The van der Waals surface area contributed by atoms with Crippen LogP contribution in [0.3, 0.4) is 0 Å². The molecule has 0 bridgehead atoms. The highest BCUT2D eigenvalue weighted by molar-refractivity contribution is 7.99. The first-order valence-corrected chi connectivity index (χ1v) is 8.37. The lowest BCUT2D eigenvalue weighted by Crippen LogP contribution is -2.29. The van der Waals surface area contributed by atoms with Gasteiger partial charge in [0.2, 0.25) is 0 Å². The SMILES string of the molecule is CCCNC(c1ccc(OC)cc1C)C1CCSC1. The van der Waals surface area contributed by atoms with E-state index >= 15 is 0 Å². The molecule has 1 fully saturated rings. The summed E-state index contributed by atoms with van der Waals surface area (Å²) in [5.74, 6) is 4.32. The summed E-state index contributed by atoms with van der Waals surface area (Å²) in [7, 11) is 1.73. The molecule has 1 aromatic rings. The highest BCUT2D eigenvalue weighted by atomic mass is 32.2. The molecular weight excluding hydrogens is 254 g/mol. The first-order valence-electron chi connectivity index (χ1n) is 7.22. The molecule has 0 saturated carbocycles. The number of ether oxygens (including phenoxy) is 1. The van der Waals surface area contributed by atoms with Crippen molar-refractivity contribution in [2.24, 2.45) is 5.92 Å². The second-order valence-corrected chi connectivity index (χ2v) is 6.43. The Bertz CT molecular complexity index is 402. The van der Waals surface area contributed by atoms with Gasteiger partial charge < -0.3 is 10.1 Å². The van der Waals surface area contributed by atoms with E-state index in [2.05, 4.69) is 49.1 Å². The molecule has 1 saturated heterocycles. The van der Waals surface area contributed by atoms with Crippen LogP contribution in [0, 0.1) is 12.8 Å². The third-order valence-corrected chi connectivity index (χ3v) is 5.05. The van der Waals surface area contributed by atoms with Gasteiger partial charge in [-0.25, -0.2) is 0 Å². The summed E-state index contributed by atoms with van der Waals surface area (Å²) in [6, 6.07) is 6.98. The minimum atomic E-state index is 0.501. The maximum Gasteiger partial charge on any atom is 0.119 e. The Morgan fingerprint density at radius 3 is 2.89 bits per heavy atom. The molecule has 0 amide bonds. The van der Waals surface area contributed by atoms with E-state index in [1.807, 2.05) is 0 Å². The van der Waals surface area contributed by atoms with Crippen molar-refractivity contribution in [3.63, 3.8) is 0 Å². The fourth-order valence-electron chi connectivity index (χ4n) is 2.77. The molecule has 1 aliphatic rings. The molecule has 1 N–H and O–H groups in total. The second-order valence-electron chi connectivity index (χ2n) is 5.28. The van der Waals surface area contributed by atoms with Crippen molar-refractivity contribution >= 4 is 11.8 Å². The van der Waals surface area contributed by atoms with E-state index in [-0.39, 0.29) is 0 Å². The van der Waals surface area contributed by atoms with Crippen molar-refractivity contribution in [2.75, 3.05) is 25.2 Å². The molecule has 2 nitrogen and oxygen atoms in total. The van der Waals surface area contributed by atoms with E-state index in [1.165, 1.54) is 35.5 Å². The Hall–Kier alpha value is -0.670. The minimum Gasteiger partial charge on any atom is -0.497 e. The van der Waals surface area contributed by atoms with Gasteiger partial charge in [0.05, 0.1) is 7.11 Å². The van der Waals surface area contributed by atoms with Crippen molar-refractivity contribution in [2.45, 2.75) is 32.7 Å². The predicted octanol–water partition coefficient (Wildman–Crippen LogP) is 3.80. The van der Waals surface area contributed by atoms with E-state index < -0.39 is 0 Å². The zero-order valence-corrected chi connectivity index (χ0v) is 13.1. The average Bonchev–Trinajstić information content (AvgIpc) is 2.94. The van der Waals surface area contributed by atoms with E-state index in [0.29, 0.717) is 6.04 Å². The highest BCUT2D eigenvalue weighted by Crippen LogP contribution is 2.36. The van der Waals surface area contributed by atoms with Crippen LogP contribution in [0.25, 0.3) is 0 Å². The summed E-state index contributed by atoms with van der Waals surface area (Å²) in [5, 5.41) is 3.75. The summed E-state index contributed by atoms with van der Waals surface area (Å²) in [6.07, 6.45) is 2.52. The quantitative estimate of drug-likeness (QED) is 0.856. The van der Waals surface area contributed by atoms with Gasteiger partial charge in [-0.1, -0.05) is 13.0 Å². The van der Waals surface area contributed by atoms with Crippen LogP contribution in [-0.2, 0) is 0 Å².